The molecule has 1 fully saturated rings. The zero-order valence-electron chi connectivity index (χ0n) is 41.9. The van der Waals surface area contributed by atoms with Crippen molar-refractivity contribution in [3.63, 3.8) is 0 Å². The van der Waals surface area contributed by atoms with Crippen molar-refractivity contribution < 1.29 is 20.0 Å². The molecule has 0 nitrogen and oxygen atoms in total. The van der Waals surface area contributed by atoms with Crippen LogP contribution in [-0.4, -0.2) is 0 Å². The van der Waals surface area contributed by atoms with Gasteiger partial charge in [-0.3, -0.25) is 0 Å². The summed E-state index contributed by atoms with van der Waals surface area (Å²) in [4.78, 5) is 0. The van der Waals surface area contributed by atoms with Gasteiger partial charge in [-0.1, -0.05) is 0 Å². The van der Waals surface area contributed by atoms with Crippen molar-refractivity contribution in [3.8, 4) is 22.3 Å². The maximum atomic E-state index is 2.80. The van der Waals surface area contributed by atoms with Gasteiger partial charge in [-0.25, -0.2) is 0 Å². The Morgan fingerprint density at radius 3 is 1.02 bits per heavy atom. The Morgan fingerprint density at radius 2 is 0.719 bits per heavy atom. The van der Waals surface area contributed by atoms with Gasteiger partial charge < -0.3 is 0 Å². The van der Waals surface area contributed by atoms with E-state index in [2.05, 4.69) is 240 Å². The molecule has 0 spiro atoms. The van der Waals surface area contributed by atoms with Gasteiger partial charge in [0, 0.05) is 0 Å². The zero-order valence-corrected chi connectivity index (χ0v) is 45.4. The average molecular weight is 1010 g/mol. The number of rotatable bonds is 4. The van der Waals surface area contributed by atoms with E-state index in [1.165, 1.54) is 77.9 Å². The van der Waals surface area contributed by atoms with Crippen molar-refractivity contribution in [1.29, 1.82) is 0 Å². The Labute approximate surface area is 391 Å². The van der Waals surface area contributed by atoms with Crippen LogP contribution >= 0.6 is 0 Å². The Kier molecular flexibility index (Phi) is 10.6. The normalized spacial score (nSPS) is 18.8. The zero-order chi connectivity index (χ0) is 46.1. The Hall–Kier alpha value is -4.33. The molecule has 3 aliphatic rings. The first kappa shape index (κ1) is 44.9. The van der Waals surface area contributed by atoms with E-state index in [0.29, 0.717) is 7.35 Å². The molecule has 64 heavy (non-hydrogen) atoms. The summed E-state index contributed by atoms with van der Waals surface area (Å²) in [7, 11) is 0. The molecular weight excluding hydrogens is 935 g/mol. The van der Waals surface area contributed by atoms with Gasteiger partial charge in [0.15, 0.2) is 0 Å². The van der Waals surface area contributed by atoms with Crippen LogP contribution in [0.15, 0.2) is 132 Å². The summed E-state index contributed by atoms with van der Waals surface area (Å²) in [5.74, 6) is 0. The summed E-state index contributed by atoms with van der Waals surface area (Å²) in [6, 6.07) is 48.9. The van der Waals surface area contributed by atoms with E-state index in [1.54, 1.807) is 22.3 Å². The van der Waals surface area contributed by atoms with Gasteiger partial charge in [-0.2, -0.15) is 0 Å². The molecule has 0 aromatic heterocycles. The molecule has 6 aromatic rings. The van der Waals surface area contributed by atoms with Crippen LogP contribution in [0, 0.1) is 13.8 Å². The third-order valence-corrected chi connectivity index (χ3v) is 30.6. The summed E-state index contributed by atoms with van der Waals surface area (Å²) < 4.78 is 6.40. The average Bonchev–Trinajstić information content (AvgIpc) is 3.82. The van der Waals surface area contributed by atoms with E-state index in [9.17, 15) is 0 Å². The van der Waals surface area contributed by atoms with E-state index in [1.807, 2.05) is 0 Å². The van der Waals surface area contributed by atoms with Crippen LogP contribution in [-0.2, 0) is 47.0 Å². The van der Waals surface area contributed by atoms with Gasteiger partial charge in [0.1, 0.15) is 0 Å². The molecular formula is C63H72Hf. The van der Waals surface area contributed by atoms with Crippen LogP contribution in [0.25, 0.3) is 34.4 Å². The molecule has 0 saturated carbocycles. The SMILES string of the molecule is Cc1ccc(C2(c3ccc(C)cc3)C3=Cc4c(-c5cc(C(C)(C)C)cc(C(C)(C)C)c5)cccc4[CH]3[Hf]([CH3])([CH3])[CH]3C2=Cc2c(-c4cc(C(C)(C)C)cc(C(C)(C)C)c4)cccc23)cc1. The third-order valence-electron chi connectivity index (χ3n) is 15.4. The first-order valence-electron chi connectivity index (χ1n) is 24.0. The summed E-state index contributed by atoms with van der Waals surface area (Å²) in [6.45, 7) is 32.8. The molecule has 1 saturated heterocycles. The van der Waals surface area contributed by atoms with Crippen LogP contribution in [0.4, 0.5) is 0 Å². The van der Waals surface area contributed by atoms with Crippen LogP contribution in [0.2, 0.25) is 9.36 Å². The molecule has 2 aliphatic carbocycles. The fraction of sp³-hybridized carbons (Fsp3) is 0.365. The second-order valence-corrected chi connectivity index (χ2v) is 41.8. The Morgan fingerprint density at radius 1 is 0.406 bits per heavy atom. The van der Waals surface area contributed by atoms with Crippen LogP contribution in [0.5, 0.6) is 0 Å². The van der Waals surface area contributed by atoms with Gasteiger partial charge in [0.2, 0.25) is 0 Å². The number of benzene rings is 6. The fourth-order valence-corrected chi connectivity index (χ4v) is 28.3. The fourth-order valence-electron chi connectivity index (χ4n) is 11.6. The second kappa shape index (κ2) is 15.1. The molecule has 1 aliphatic heterocycles. The number of hydrogen-bond acceptors (Lipinski definition) is 0. The standard InChI is InChI=1S/C61H66.2CH3.Hf/c1-39-21-25-45(26-22-39)61(46-27-23-40(2)24-28-46,51-29-41-17-15-19-53(55(41)37-51)43-31-47(57(3,4)5)35-48(32-43)58(6,7)8)52-30-42-18-16-20-54(56(42)38-52)44-33-49(59(9,10)11)36-50(34-44)60(12,13)14;;;/h15-38H,1-14H3;2*1H3;. The maximum absolute atomic E-state index is 3.55. The molecule has 328 valence electrons. The summed E-state index contributed by atoms with van der Waals surface area (Å²) in [5, 5.41) is 0. The van der Waals surface area contributed by atoms with Crippen molar-refractivity contribution in [2.45, 2.75) is 141 Å². The molecule has 0 amide bonds. The van der Waals surface area contributed by atoms with E-state index in [-0.39, 0.29) is 21.7 Å². The van der Waals surface area contributed by atoms with Crippen molar-refractivity contribution in [2.75, 3.05) is 0 Å². The van der Waals surface area contributed by atoms with Crippen LogP contribution < -0.4 is 0 Å². The summed E-state index contributed by atoms with van der Waals surface area (Å²) in [6.07, 6.45) is 5.45. The minimum absolute atomic E-state index is 0.0318. The number of allylic oxidation sites excluding steroid dienone is 2. The second-order valence-electron chi connectivity index (χ2n) is 24.6. The van der Waals surface area contributed by atoms with Crippen molar-refractivity contribution in [1.82, 2.24) is 0 Å². The summed E-state index contributed by atoms with van der Waals surface area (Å²) >= 11 is -3.55. The summed E-state index contributed by atoms with van der Waals surface area (Å²) in [5.41, 5.74) is 25.3. The van der Waals surface area contributed by atoms with Crippen molar-refractivity contribution in [3.05, 3.63) is 199 Å². The molecule has 2 atom stereocenters. The first-order chi connectivity index (χ1) is 29.8. The third kappa shape index (κ3) is 7.26. The van der Waals surface area contributed by atoms with Gasteiger partial charge in [0.05, 0.1) is 0 Å². The molecule has 0 radical (unpaired) electrons. The predicted octanol–water partition coefficient (Wildman–Crippen LogP) is 17.7. The number of aryl methyl sites for hydroxylation is 2. The Balaban J connectivity index is 1.38. The topological polar surface area (TPSA) is 0 Å². The van der Waals surface area contributed by atoms with Gasteiger partial charge in [-0.05, 0) is 0 Å². The van der Waals surface area contributed by atoms with Gasteiger partial charge in [0.25, 0.3) is 0 Å². The molecule has 1 heterocycles. The Bertz CT molecular complexity index is 2620. The molecule has 0 N–H and O–H groups in total. The minimum atomic E-state index is -3.55. The van der Waals surface area contributed by atoms with Crippen molar-refractivity contribution in [2.24, 2.45) is 0 Å². The molecule has 0 bridgehead atoms. The van der Waals surface area contributed by atoms with Gasteiger partial charge >= 0.3 is 394 Å². The molecule has 2 unspecified atom stereocenters. The van der Waals surface area contributed by atoms with E-state index in [4.69, 9.17) is 0 Å². The quantitative estimate of drug-likeness (QED) is 0.154. The monoisotopic (exact) mass is 1010 g/mol. The molecule has 9 rings (SSSR count). The number of hydrogen-bond donors (Lipinski definition) is 0. The predicted molar refractivity (Wildman–Crippen MR) is 275 cm³/mol. The van der Waals surface area contributed by atoms with E-state index < -0.39 is 25.4 Å². The number of fused-ring (bicyclic) bond motifs is 6. The first-order valence-corrected chi connectivity index (χ1v) is 35.3. The molecule has 6 aromatic carbocycles. The van der Waals surface area contributed by atoms with E-state index in [0.717, 1.165) is 0 Å². The van der Waals surface area contributed by atoms with Crippen LogP contribution in [0.3, 0.4) is 0 Å². The van der Waals surface area contributed by atoms with Crippen molar-refractivity contribution >= 4 is 12.2 Å². The molecule has 1 heteroatoms. The van der Waals surface area contributed by atoms with Crippen LogP contribution in [0.1, 0.15) is 157 Å². The van der Waals surface area contributed by atoms with Gasteiger partial charge in [-0.15, -0.1) is 0 Å². The van der Waals surface area contributed by atoms with E-state index >= 15 is 0 Å².